The van der Waals surface area contributed by atoms with E-state index in [2.05, 4.69) is 43.8 Å². The maximum absolute atomic E-state index is 5.48. The molecule has 0 bridgehead atoms. The van der Waals surface area contributed by atoms with E-state index in [1.54, 1.807) is 0 Å². The highest BCUT2D eigenvalue weighted by molar-refractivity contribution is 5.03. The van der Waals surface area contributed by atoms with Crippen molar-refractivity contribution in [2.45, 2.75) is 51.7 Å². The molecule has 0 aromatic carbocycles. The van der Waals surface area contributed by atoms with Crippen molar-refractivity contribution in [3.05, 3.63) is 0 Å². The fourth-order valence-electron chi connectivity index (χ4n) is 1.98. The van der Waals surface area contributed by atoms with Crippen LogP contribution in [0.1, 0.15) is 34.1 Å². The zero-order chi connectivity index (χ0) is 10.8. The van der Waals surface area contributed by atoms with Crippen LogP contribution in [0.4, 0.5) is 0 Å². The summed E-state index contributed by atoms with van der Waals surface area (Å²) in [7, 11) is 0. The van der Waals surface area contributed by atoms with E-state index in [1.165, 1.54) is 0 Å². The number of piperazine rings is 1. The highest BCUT2D eigenvalue weighted by atomic mass is 15.3. The predicted octanol–water partition coefficient (Wildman–Crippen LogP) is 1.47. The highest BCUT2D eigenvalue weighted by Crippen LogP contribution is 2.20. The number of hydrogen-bond acceptors (Lipinski definition) is 2. The Hall–Kier alpha value is -0.520. The molecule has 0 saturated carbocycles. The molecule has 1 fully saturated rings. The van der Waals surface area contributed by atoms with Gasteiger partial charge < -0.3 is 5.32 Å². The second-order valence-corrected chi connectivity index (χ2v) is 4.66. The van der Waals surface area contributed by atoms with Crippen molar-refractivity contribution >= 4 is 0 Å². The van der Waals surface area contributed by atoms with Gasteiger partial charge in [-0.2, -0.15) is 0 Å². The van der Waals surface area contributed by atoms with Crippen molar-refractivity contribution in [1.82, 2.24) is 10.2 Å². The number of nitrogens with zero attached hydrogens (tertiary/aromatic N) is 1. The van der Waals surface area contributed by atoms with E-state index in [0.717, 1.165) is 19.5 Å². The summed E-state index contributed by atoms with van der Waals surface area (Å²) in [6.07, 6.45) is 6.63. The first-order valence-corrected chi connectivity index (χ1v) is 5.49. The maximum Gasteiger partial charge on any atom is 0.0686 e. The summed E-state index contributed by atoms with van der Waals surface area (Å²) >= 11 is 0. The lowest BCUT2D eigenvalue weighted by molar-refractivity contribution is 0.0787. The first-order chi connectivity index (χ1) is 6.52. The molecule has 1 heterocycles. The van der Waals surface area contributed by atoms with E-state index >= 15 is 0 Å². The minimum atomic E-state index is 0.234. The molecule has 3 unspecified atom stereocenters. The molecule has 2 heteroatoms. The average molecular weight is 194 g/mol. The molecule has 1 aliphatic heterocycles. The fraction of sp³-hybridized carbons (Fsp3) is 0.833. The van der Waals surface area contributed by atoms with Gasteiger partial charge in [0.1, 0.15) is 0 Å². The largest absolute Gasteiger partial charge is 0.309 e. The van der Waals surface area contributed by atoms with Gasteiger partial charge in [-0.3, -0.25) is 4.90 Å². The van der Waals surface area contributed by atoms with Crippen molar-refractivity contribution in [1.29, 1.82) is 0 Å². The van der Waals surface area contributed by atoms with Crippen molar-refractivity contribution < 1.29 is 0 Å². The zero-order valence-electron chi connectivity index (χ0n) is 9.80. The Labute approximate surface area is 88.1 Å². The van der Waals surface area contributed by atoms with Crippen LogP contribution in [0.2, 0.25) is 0 Å². The van der Waals surface area contributed by atoms with Gasteiger partial charge in [-0.1, -0.05) is 12.8 Å². The summed E-state index contributed by atoms with van der Waals surface area (Å²) in [5, 5.41) is 3.59. The second-order valence-electron chi connectivity index (χ2n) is 4.66. The Morgan fingerprint density at radius 3 is 2.86 bits per heavy atom. The first-order valence-electron chi connectivity index (χ1n) is 5.49. The highest BCUT2D eigenvalue weighted by Gasteiger charge is 2.34. The molecule has 14 heavy (non-hydrogen) atoms. The molecule has 0 aliphatic carbocycles. The van der Waals surface area contributed by atoms with E-state index in [4.69, 9.17) is 6.42 Å². The van der Waals surface area contributed by atoms with Gasteiger partial charge in [0.15, 0.2) is 0 Å². The molecule has 1 N–H and O–H groups in total. The van der Waals surface area contributed by atoms with Crippen LogP contribution in [0, 0.1) is 12.3 Å². The molecule has 0 spiro atoms. The Balaban J connectivity index is 2.70. The quantitative estimate of drug-likeness (QED) is 0.670. The van der Waals surface area contributed by atoms with E-state index in [-0.39, 0.29) is 11.6 Å². The number of terminal acetylenes is 1. The molecule has 0 radical (unpaired) electrons. The minimum absolute atomic E-state index is 0.234. The average Bonchev–Trinajstić information content (AvgIpc) is 2.21. The molecule has 1 rings (SSSR count). The molecule has 0 aromatic rings. The number of hydrogen-bond donors (Lipinski definition) is 1. The van der Waals surface area contributed by atoms with Gasteiger partial charge in [0, 0.05) is 24.7 Å². The van der Waals surface area contributed by atoms with E-state index in [9.17, 15) is 0 Å². The minimum Gasteiger partial charge on any atom is -0.309 e. The third kappa shape index (κ3) is 2.29. The summed E-state index contributed by atoms with van der Waals surface area (Å²) in [5.74, 6) is 2.83. The maximum atomic E-state index is 5.48. The Morgan fingerprint density at radius 2 is 2.36 bits per heavy atom. The summed E-state index contributed by atoms with van der Waals surface area (Å²) < 4.78 is 0. The first kappa shape index (κ1) is 11.6. The van der Waals surface area contributed by atoms with Gasteiger partial charge in [0.05, 0.1) is 6.04 Å². The molecule has 2 nitrogen and oxygen atoms in total. The summed E-state index contributed by atoms with van der Waals surface area (Å²) in [6.45, 7) is 10.9. The van der Waals surface area contributed by atoms with Gasteiger partial charge in [-0.05, 0) is 27.2 Å². The van der Waals surface area contributed by atoms with Crippen LogP contribution < -0.4 is 5.32 Å². The standard InChI is InChI=1S/C12H22N2/c1-6-10(3)14-9-12(5,7-2)13-8-11(14)4/h1,10-11,13H,7-9H2,2-5H3. The summed E-state index contributed by atoms with van der Waals surface area (Å²) in [4.78, 5) is 2.42. The SMILES string of the molecule is C#CC(C)N1CC(C)(CC)NCC1C. The van der Waals surface area contributed by atoms with Crippen molar-refractivity contribution in [3.63, 3.8) is 0 Å². The smallest absolute Gasteiger partial charge is 0.0686 e. The monoisotopic (exact) mass is 194 g/mol. The molecule has 1 saturated heterocycles. The van der Waals surface area contributed by atoms with E-state index in [0.29, 0.717) is 6.04 Å². The second kappa shape index (κ2) is 4.33. The molecular formula is C12H22N2. The van der Waals surface area contributed by atoms with Crippen LogP contribution in [-0.4, -0.2) is 35.6 Å². The fourth-order valence-corrected chi connectivity index (χ4v) is 1.98. The summed E-state index contributed by atoms with van der Waals surface area (Å²) in [5.41, 5.74) is 0.234. The van der Waals surface area contributed by atoms with Crippen LogP contribution in [0.15, 0.2) is 0 Å². The van der Waals surface area contributed by atoms with Gasteiger partial charge in [0.2, 0.25) is 0 Å². The van der Waals surface area contributed by atoms with E-state index in [1.807, 2.05) is 0 Å². The zero-order valence-corrected chi connectivity index (χ0v) is 9.80. The summed E-state index contributed by atoms with van der Waals surface area (Å²) in [6, 6.07) is 0.790. The topological polar surface area (TPSA) is 15.3 Å². The van der Waals surface area contributed by atoms with E-state index < -0.39 is 0 Å². The Bertz CT molecular complexity index is 231. The molecule has 0 amide bonds. The molecule has 1 aliphatic rings. The molecular weight excluding hydrogens is 172 g/mol. The van der Waals surface area contributed by atoms with Gasteiger partial charge in [0.25, 0.3) is 0 Å². The van der Waals surface area contributed by atoms with Gasteiger partial charge in [-0.15, -0.1) is 6.42 Å². The Kier molecular flexibility index (Phi) is 3.58. The van der Waals surface area contributed by atoms with Crippen LogP contribution in [-0.2, 0) is 0 Å². The van der Waals surface area contributed by atoms with Gasteiger partial charge >= 0.3 is 0 Å². The van der Waals surface area contributed by atoms with Crippen molar-refractivity contribution in [3.8, 4) is 12.3 Å². The lowest BCUT2D eigenvalue weighted by atomic mass is 9.93. The number of rotatable bonds is 2. The van der Waals surface area contributed by atoms with Crippen LogP contribution in [0.25, 0.3) is 0 Å². The third-order valence-electron chi connectivity index (χ3n) is 3.44. The molecule has 80 valence electrons. The lowest BCUT2D eigenvalue weighted by Gasteiger charge is -2.46. The van der Waals surface area contributed by atoms with Crippen LogP contribution >= 0.6 is 0 Å². The number of nitrogens with one attached hydrogen (secondary N) is 1. The van der Waals surface area contributed by atoms with Crippen molar-refractivity contribution in [2.75, 3.05) is 13.1 Å². The van der Waals surface area contributed by atoms with Crippen LogP contribution in [0.3, 0.4) is 0 Å². The Morgan fingerprint density at radius 1 is 1.71 bits per heavy atom. The normalized spacial score (nSPS) is 36.4. The van der Waals surface area contributed by atoms with Gasteiger partial charge in [-0.25, -0.2) is 0 Å². The lowest BCUT2D eigenvalue weighted by Crippen LogP contribution is -2.63. The van der Waals surface area contributed by atoms with Crippen LogP contribution in [0.5, 0.6) is 0 Å². The van der Waals surface area contributed by atoms with Crippen molar-refractivity contribution in [2.24, 2.45) is 0 Å². The predicted molar refractivity (Wildman–Crippen MR) is 61.2 cm³/mol. The third-order valence-corrected chi connectivity index (χ3v) is 3.44. The molecule has 3 atom stereocenters. The molecule has 0 aromatic heterocycles.